The Bertz CT molecular complexity index is 2300. The molecule has 0 radical (unpaired) electrons. The number of rotatable bonds is 18. The standard InChI is InChI=1S/C55H58N2/c1-2-3-4-5-6-11-51-39-47(38-50-14-8-7-12-48(50)36-45-20-16-41(17-21-45)34-43-25-30-54(56)31-26-43)24-29-53(51)40-52-15-10-9-13-49(52)37-46-22-18-42(19-23-46)35-44-27-32-55(57)33-28-44/h7-10,12-33,39H,2-6,11,34-38,40,56-57H2,1H3. The molecule has 57 heavy (non-hydrogen) atoms. The molecule has 2 nitrogen and oxygen atoms in total. The van der Waals surface area contributed by atoms with Gasteiger partial charge in [-0.15, -0.1) is 0 Å². The first-order valence-electron chi connectivity index (χ1n) is 21.1. The smallest absolute Gasteiger partial charge is 0.0314 e. The van der Waals surface area contributed by atoms with Crippen molar-refractivity contribution in [2.45, 2.75) is 84.0 Å². The number of benzene rings is 7. The van der Waals surface area contributed by atoms with E-state index in [1.807, 2.05) is 24.3 Å². The summed E-state index contributed by atoms with van der Waals surface area (Å²) in [4.78, 5) is 0. The van der Waals surface area contributed by atoms with Crippen LogP contribution in [0.2, 0.25) is 0 Å². The molecule has 288 valence electrons. The molecule has 0 aliphatic carbocycles. The van der Waals surface area contributed by atoms with Crippen molar-refractivity contribution in [3.05, 3.63) is 236 Å². The summed E-state index contributed by atoms with van der Waals surface area (Å²) >= 11 is 0. The van der Waals surface area contributed by atoms with Crippen molar-refractivity contribution in [2.75, 3.05) is 11.5 Å². The molecule has 0 unspecified atom stereocenters. The SMILES string of the molecule is CCCCCCCc1cc(Cc2ccccc2Cc2ccc(Cc3ccc(N)cc3)cc2)ccc1Cc1ccccc1Cc1ccc(Cc2ccc(N)cc2)cc1. The van der Waals surface area contributed by atoms with Crippen LogP contribution < -0.4 is 11.5 Å². The second-order valence-corrected chi connectivity index (χ2v) is 16.0. The van der Waals surface area contributed by atoms with Gasteiger partial charge in [-0.25, -0.2) is 0 Å². The van der Waals surface area contributed by atoms with Gasteiger partial charge in [0.1, 0.15) is 0 Å². The van der Waals surface area contributed by atoms with Crippen molar-refractivity contribution >= 4 is 11.4 Å². The molecule has 0 saturated heterocycles. The Morgan fingerprint density at radius 1 is 0.298 bits per heavy atom. The summed E-state index contributed by atoms with van der Waals surface area (Å²) in [6.07, 6.45) is 13.2. The average molecular weight is 747 g/mol. The minimum atomic E-state index is 0.809. The lowest BCUT2D eigenvalue weighted by Gasteiger charge is -2.16. The van der Waals surface area contributed by atoms with E-state index in [0.717, 1.165) is 56.3 Å². The molecule has 0 heterocycles. The van der Waals surface area contributed by atoms with Gasteiger partial charge in [-0.05, 0) is 148 Å². The van der Waals surface area contributed by atoms with E-state index in [-0.39, 0.29) is 0 Å². The maximum Gasteiger partial charge on any atom is 0.0314 e. The topological polar surface area (TPSA) is 52.0 Å². The second-order valence-electron chi connectivity index (χ2n) is 16.0. The summed E-state index contributed by atoms with van der Waals surface area (Å²) in [5, 5.41) is 0. The monoisotopic (exact) mass is 746 g/mol. The number of nitrogen functional groups attached to an aromatic ring is 2. The van der Waals surface area contributed by atoms with E-state index >= 15 is 0 Å². The summed E-state index contributed by atoms with van der Waals surface area (Å²) in [7, 11) is 0. The quantitative estimate of drug-likeness (QED) is 0.0679. The molecule has 7 aromatic rings. The van der Waals surface area contributed by atoms with E-state index in [1.165, 1.54) is 104 Å². The summed E-state index contributed by atoms with van der Waals surface area (Å²) in [5.41, 5.74) is 31.4. The highest BCUT2D eigenvalue weighted by Crippen LogP contribution is 2.26. The minimum Gasteiger partial charge on any atom is -0.399 e. The summed E-state index contributed by atoms with van der Waals surface area (Å²) in [6, 6.07) is 60.2. The molecule has 2 heteroatoms. The van der Waals surface area contributed by atoms with E-state index in [4.69, 9.17) is 11.5 Å². The summed E-state index contributed by atoms with van der Waals surface area (Å²) in [5.74, 6) is 0. The zero-order chi connectivity index (χ0) is 39.2. The van der Waals surface area contributed by atoms with Crippen LogP contribution in [0.5, 0.6) is 0 Å². The van der Waals surface area contributed by atoms with E-state index in [0.29, 0.717) is 0 Å². The van der Waals surface area contributed by atoms with E-state index in [1.54, 1.807) is 0 Å². The van der Waals surface area contributed by atoms with Gasteiger partial charge >= 0.3 is 0 Å². The average Bonchev–Trinajstić information content (AvgIpc) is 3.23. The van der Waals surface area contributed by atoms with E-state index in [9.17, 15) is 0 Å². The van der Waals surface area contributed by atoms with Gasteiger partial charge in [0, 0.05) is 11.4 Å². The van der Waals surface area contributed by atoms with Gasteiger partial charge in [-0.1, -0.05) is 172 Å². The Hall–Kier alpha value is -5.86. The first-order valence-corrected chi connectivity index (χ1v) is 21.1. The highest BCUT2D eigenvalue weighted by atomic mass is 14.5. The zero-order valence-electron chi connectivity index (χ0n) is 33.7. The van der Waals surface area contributed by atoms with Gasteiger partial charge in [-0.3, -0.25) is 0 Å². The van der Waals surface area contributed by atoms with Gasteiger partial charge in [0.05, 0.1) is 0 Å². The molecule has 0 aliphatic rings. The van der Waals surface area contributed by atoms with Crippen LogP contribution in [0.25, 0.3) is 0 Å². The molecule has 0 atom stereocenters. The van der Waals surface area contributed by atoms with Crippen LogP contribution in [0, 0.1) is 0 Å². The fourth-order valence-corrected chi connectivity index (χ4v) is 8.08. The van der Waals surface area contributed by atoms with Crippen LogP contribution in [0.1, 0.15) is 111 Å². The van der Waals surface area contributed by atoms with Crippen molar-refractivity contribution in [3.63, 3.8) is 0 Å². The number of anilines is 2. The molecule has 0 aliphatic heterocycles. The molecule has 0 aromatic heterocycles. The third-order valence-electron chi connectivity index (χ3n) is 11.4. The summed E-state index contributed by atoms with van der Waals surface area (Å²) < 4.78 is 0. The lowest BCUT2D eigenvalue weighted by atomic mass is 9.89. The summed E-state index contributed by atoms with van der Waals surface area (Å²) in [6.45, 7) is 2.30. The maximum absolute atomic E-state index is 5.90. The lowest BCUT2D eigenvalue weighted by molar-refractivity contribution is 0.631. The normalized spacial score (nSPS) is 11.2. The van der Waals surface area contributed by atoms with Gasteiger partial charge < -0.3 is 11.5 Å². The molecule has 0 saturated carbocycles. The fraction of sp³-hybridized carbons (Fsp3) is 0.236. The van der Waals surface area contributed by atoms with Crippen LogP contribution in [-0.4, -0.2) is 0 Å². The van der Waals surface area contributed by atoms with Crippen molar-refractivity contribution < 1.29 is 0 Å². The van der Waals surface area contributed by atoms with Crippen molar-refractivity contribution in [1.29, 1.82) is 0 Å². The molecule has 7 rings (SSSR count). The number of aryl methyl sites for hydroxylation is 1. The largest absolute Gasteiger partial charge is 0.399 e. The predicted molar refractivity (Wildman–Crippen MR) is 243 cm³/mol. The molecule has 7 aromatic carbocycles. The highest BCUT2D eigenvalue weighted by Gasteiger charge is 2.12. The third-order valence-corrected chi connectivity index (χ3v) is 11.4. The maximum atomic E-state index is 5.90. The van der Waals surface area contributed by atoms with Gasteiger partial charge in [0.25, 0.3) is 0 Å². The minimum absolute atomic E-state index is 0.809. The first-order chi connectivity index (χ1) is 28.0. The van der Waals surface area contributed by atoms with Crippen LogP contribution >= 0.6 is 0 Å². The Balaban J connectivity index is 1.05. The molecule has 0 amide bonds. The second kappa shape index (κ2) is 19.8. The Kier molecular flexibility index (Phi) is 13.7. The van der Waals surface area contributed by atoms with E-state index in [2.05, 4.69) is 146 Å². The van der Waals surface area contributed by atoms with Crippen molar-refractivity contribution in [2.24, 2.45) is 0 Å². The Morgan fingerprint density at radius 3 is 1.07 bits per heavy atom. The van der Waals surface area contributed by atoms with Crippen LogP contribution in [-0.2, 0) is 44.9 Å². The fourth-order valence-electron chi connectivity index (χ4n) is 8.08. The first kappa shape index (κ1) is 39.4. The number of hydrogen-bond acceptors (Lipinski definition) is 2. The van der Waals surface area contributed by atoms with Gasteiger partial charge in [0.2, 0.25) is 0 Å². The van der Waals surface area contributed by atoms with Gasteiger partial charge in [-0.2, -0.15) is 0 Å². The van der Waals surface area contributed by atoms with Crippen LogP contribution in [0.4, 0.5) is 11.4 Å². The Morgan fingerprint density at radius 2 is 0.632 bits per heavy atom. The number of hydrogen-bond donors (Lipinski definition) is 2. The zero-order valence-corrected chi connectivity index (χ0v) is 33.7. The third kappa shape index (κ3) is 11.6. The Labute approximate surface area is 341 Å². The molecule has 0 bridgehead atoms. The number of unbranched alkanes of at least 4 members (excludes halogenated alkanes) is 4. The molecule has 0 spiro atoms. The number of nitrogens with two attached hydrogens (primary N) is 2. The highest BCUT2D eigenvalue weighted by molar-refractivity contribution is 5.45. The predicted octanol–water partition coefficient (Wildman–Crippen LogP) is 12.9. The van der Waals surface area contributed by atoms with Crippen molar-refractivity contribution in [1.82, 2.24) is 0 Å². The molecular weight excluding hydrogens is 689 g/mol. The molecule has 4 N–H and O–H groups in total. The van der Waals surface area contributed by atoms with Gasteiger partial charge in [0.15, 0.2) is 0 Å². The van der Waals surface area contributed by atoms with E-state index < -0.39 is 0 Å². The molecule has 0 fully saturated rings. The lowest BCUT2D eigenvalue weighted by Crippen LogP contribution is -2.03. The molecular formula is C55H58N2. The van der Waals surface area contributed by atoms with Crippen LogP contribution in [0.15, 0.2) is 164 Å². The van der Waals surface area contributed by atoms with Crippen molar-refractivity contribution in [3.8, 4) is 0 Å². The van der Waals surface area contributed by atoms with Crippen LogP contribution in [0.3, 0.4) is 0 Å².